The lowest BCUT2D eigenvalue weighted by atomic mass is 10.1. The Morgan fingerprint density at radius 1 is 1.00 bits per heavy atom. The van der Waals surface area contributed by atoms with Crippen LogP contribution in [0.25, 0.3) is 0 Å². The summed E-state index contributed by atoms with van der Waals surface area (Å²) in [4.78, 5) is 24.1. The van der Waals surface area contributed by atoms with Crippen molar-refractivity contribution in [1.29, 1.82) is 0 Å². The van der Waals surface area contributed by atoms with Crippen LogP contribution in [0.3, 0.4) is 0 Å². The van der Waals surface area contributed by atoms with Gasteiger partial charge in [0, 0.05) is 29.5 Å². The zero-order chi connectivity index (χ0) is 17.5. The summed E-state index contributed by atoms with van der Waals surface area (Å²) in [5, 5.41) is 3.30. The zero-order valence-electron chi connectivity index (χ0n) is 13.5. The second-order valence-electron chi connectivity index (χ2n) is 5.04. The smallest absolute Gasteiger partial charge is 0.224 e. The van der Waals surface area contributed by atoms with Gasteiger partial charge in [0.05, 0.1) is 19.9 Å². The third-order valence-corrected chi connectivity index (χ3v) is 3.68. The van der Waals surface area contributed by atoms with Gasteiger partial charge in [0.25, 0.3) is 0 Å². The number of anilines is 1. The van der Waals surface area contributed by atoms with Crippen molar-refractivity contribution >= 4 is 29.0 Å². The lowest BCUT2D eigenvalue weighted by Crippen LogP contribution is -2.14. The summed E-state index contributed by atoms with van der Waals surface area (Å²) in [6.45, 7) is 0. The molecule has 0 aliphatic rings. The van der Waals surface area contributed by atoms with Crippen molar-refractivity contribution < 1.29 is 19.1 Å². The van der Waals surface area contributed by atoms with Crippen molar-refractivity contribution in [3.8, 4) is 11.5 Å². The summed E-state index contributed by atoms with van der Waals surface area (Å²) >= 11 is 5.79. The highest BCUT2D eigenvalue weighted by Crippen LogP contribution is 2.29. The molecule has 6 heteroatoms. The van der Waals surface area contributed by atoms with E-state index in [1.54, 1.807) is 49.6 Å². The summed E-state index contributed by atoms with van der Waals surface area (Å²) < 4.78 is 10.3. The van der Waals surface area contributed by atoms with Gasteiger partial charge < -0.3 is 14.8 Å². The van der Waals surface area contributed by atoms with E-state index in [9.17, 15) is 9.59 Å². The molecular formula is C18H18ClNO4. The third-order valence-electron chi connectivity index (χ3n) is 3.43. The maximum Gasteiger partial charge on any atom is 0.224 e. The van der Waals surface area contributed by atoms with Gasteiger partial charge in [-0.1, -0.05) is 11.6 Å². The molecule has 0 heterocycles. The van der Waals surface area contributed by atoms with E-state index in [2.05, 4.69) is 5.32 Å². The molecule has 0 spiro atoms. The standard InChI is InChI=1S/C18H18ClNO4/c1-23-14-7-8-15(17(11-14)24-2)20-18(22)10-9-16(21)12-3-5-13(19)6-4-12/h3-8,11H,9-10H2,1-2H3,(H,20,22). The van der Waals surface area contributed by atoms with Gasteiger partial charge >= 0.3 is 0 Å². The van der Waals surface area contributed by atoms with Gasteiger partial charge in [-0.15, -0.1) is 0 Å². The SMILES string of the molecule is COc1ccc(NC(=O)CCC(=O)c2ccc(Cl)cc2)c(OC)c1. The van der Waals surface area contributed by atoms with E-state index in [4.69, 9.17) is 21.1 Å². The first kappa shape index (κ1) is 17.8. The number of carbonyl (C=O) groups excluding carboxylic acids is 2. The fourth-order valence-electron chi connectivity index (χ4n) is 2.12. The second-order valence-corrected chi connectivity index (χ2v) is 5.48. The highest BCUT2D eigenvalue weighted by Gasteiger charge is 2.12. The van der Waals surface area contributed by atoms with Gasteiger partial charge in [-0.25, -0.2) is 0 Å². The number of amides is 1. The number of rotatable bonds is 7. The van der Waals surface area contributed by atoms with Crippen molar-refractivity contribution in [2.45, 2.75) is 12.8 Å². The largest absolute Gasteiger partial charge is 0.497 e. The molecule has 0 aliphatic carbocycles. The van der Waals surface area contributed by atoms with E-state index >= 15 is 0 Å². The van der Waals surface area contributed by atoms with Crippen molar-refractivity contribution in [2.75, 3.05) is 19.5 Å². The molecule has 0 bridgehead atoms. The number of benzene rings is 2. The number of methoxy groups -OCH3 is 2. The van der Waals surface area contributed by atoms with Crippen LogP contribution in [0.1, 0.15) is 23.2 Å². The molecule has 0 saturated heterocycles. The second kappa shape index (κ2) is 8.36. The number of carbonyl (C=O) groups is 2. The molecule has 0 aromatic heterocycles. The normalized spacial score (nSPS) is 10.1. The van der Waals surface area contributed by atoms with Gasteiger partial charge in [0.15, 0.2) is 5.78 Å². The van der Waals surface area contributed by atoms with Crippen molar-refractivity contribution in [3.05, 3.63) is 53.1 Å². The summed E-state index contributed by atoms with van der Waals surface area (Å²) in [6, 6.07) is 11.7. The average Bonchev–Trinajstić information content (AvgIpc) is 2.60. The highest BCUT2D eigenvalue weighted by molar-refractivity contribution is 6.30. The Kier molecular flexibility index (Phi) is 6.21. The first-order valence-corrected chi connectivity index (χ1v) is 7.72. The van der Waals surface area contributed by atoms with Crippen LogP contribution in [0, 0.1) is 0 Å². The number of ketones is 1. The van der Waals surface area contributed by atoms with Crippen molar-refractivity contribution in [3.63, 3.8) is 0 Å². The van der Waals surface area contributed by atoms with Crippen LogP contribution in [0.2, 0.25) is 5.02 Å². The van der Waals surface area contributed by atoms with Crippen LogP contribution >= 0.6 is 11.6 Å². The van der Waals surface area contributed by atoms with E-state index in [1.165, 1.54) is 7.11 Å². The molecule has 0 aliphatic heterocycles. The molecule has 0 radical (unpaired) electrons. The van der Waals surface area contributed by atoms with E-state index in [0.717, 1.165) is 0 Å². The van der Waals surface area contributed by atoms with Gasteiger partial charge in [-0.2, -0.15) is 0 Å². The summed E-state index contributed by atoms with van der Waals surface area (Å²) in [7, 11) is 3.06. The predicted octanol–water partition coefficient (Wildman–Crippen LogP) is 3.96. The number of hydrogen-bond acceptors (Lipinski definition) is 4. The molecule has 0 atom stereocenters. The first-order chi connectivity index (χ1) is 11.5. The van der Waals surface area contributed by atoms with Crippen LogP contribution in [0.15, 0.2) is 42.5 Å². The molecule has 1 N–H and O–H groups in total. The highest BCUT2D eigenvalue weighted by atomic mass is 35.5. The molecule has 2 rings (SSSR count). The molecule has 0 fully saturated rings. The van der Waals surface area contributed by atoms with Crippen LogP contribution < -0.4 is 14.8 Å². The van der Waals surface area contributed by atoms with E-state index < -0.39 is 0 Å². The molecule has 1 amide bonds. The maximum atomic E-state index is 12.1. The number of ether oxygens (including phenoxy) is 2. The van der Waals surface area contributed by atoms with Gasteiger partial charge in [-0.05, 0) is 36.4 Å². The minimum Gasteiger partial charge on any atom is -0.497 e. The Hall–Kier alpha value is -2.53. The third kappa shape index (κ3) is 4.73. The number of Topliss-reactive ketones (excluding diaryl/α,β-unsaturated/α-hetero) is 1. The topological polar surface area (TPSA) is 64.6 Å². The lowest BCUT2D eigenvalue weighted by molar-refractivity contribution is -0.116. The van der Waals surface area contributed by atoms with Crippen LogP contribution in [0.5, 0.6) is 11.5 Å². The van der Waals surface area contributed by atoms with E-state index in [1.807, 2.05) is 0 Å². The molecule has 24 heavy (non-hydrogen) atoms. The number of halogens is 1. The van der Waals surface area contributed by atoms with Crippen LogP contribution in [-0.2, 0) is 4.79 Å². The van der Waals surface area contributed by atoms with Crippen molar-refractivity contribution in [1.82, 2.24) is 0 Å². The predicted molar refractivity (Wildman–Crippen MR) is 93.2 cm³/mol. The van der Waals surface area contributed by atoms with Crippen LogP contribution in [0.4, 0.5) is 5.69 Å². The molecular weight excluding hydrogens is 330 g/mol. The number of hydrogen-bond donors (Lipinski definition) is 1. The maximum absolute atomic E-state index is 12.1. The Morgan fingerprint density at radius 3 is 2.33 bits per heavy atom. The lowest BCUT2D eigenvalue weighted by Gasteiger charge is -2.11. The Morgan fingerprint density at radius 2 is 1.71 bits per heavy atom. The molecule has 0 saturated carbocycles. The monoisotopic (exact) mass is 347 g/mol. The minimum atomic E-state index is -0.263. The van der Waals surface area contributed by atoms with E-state index in [0.29, 0.717) is 27.8 Å². The summed E-state index contributed by atoms with van der Waals surface area (Å²) in [5.74, 6) is 0.749. The van der Waals surface area contributed by atoms with Crippen LogP contribution in [-0.4, -0.2) is 25.9 Å². The molecule has 2 aromatic rings. The molecule has 126 valence electrons. The zero-order valence-corrected chi connectivity index (χ0v) is 14.2. The van der Waals surface area contributed by atoms with E-state index in [-0.39, 0.29) is 24.5 Å². The Labute approximate surface area is 145 Å². The summed E-state index contributed by atoms with van der Waals surface area (Å²) in [6.07, 6.45) is 0.197. The Balaban J connectivity index is 1.93. The molecule has 0 unspecified atom stereocenters. The fourth-order valence-corrected chi connectivity index (χ4v) is 2.25. The van der Waals surface area contributed by atoms with Gasteiger partial charge in [-0.3, -0.25) is 9.59 Å². The minimum absolute atomic E-state index is 0.0800. The average molecular weight is 348 g/mol. The molecule has 2 aromatic carbocycles. The molecule has 5 nitrogen and oxygen atoms in total. The van der Waals surface area contributed by atoms with Gasteiger partial charge in [0.2, 0.25) is 5.91 Å². The first-order valence-electron chi connectivity index (χ1n) is 7.34. The Bertz CT molecular complexity index is 728. The summed E-state index contributed by atoms with van der Waals surface area (Å²) in [5.41, 5.74) is 1.07. The van der Waals surface area contributed by atoms with Gasteiger partial charge in [0.1, 0.15) is 11.5 Å². The quantitative estimate of drug-likeness (QED) is 0.770. The number of nitrogens with one attached hydrogen (secondary N) is 1. The fraction of sp³-hybridized carbons (Fsp3) is 0.222. The van der Waals surface area contributed by atoms with Crippen molar-refractivity contribution in [2.24, 2.45) is 0 Å².